The zero-order chi connectivity index (χ0) is 26.4. The Morgan fingerprint density at radius 3 is 2.61 bits per heavy atom. The number of benzene rings is 3. The second kappa shape index (κ2) is 9.53. The van der Waals surface area contributed by atoms with Crippen LogP contribution in [0.5, 0.6) is 11.5 Å². The van der Waals surface area contributed by atoms with E-state index >= 15 is 0 Å². The van der Waals surface area contributed by atoms with Gasteiger partial charge in [0.25, 0.3) is 5.56 Å². The monoisotopic (exact) mass is 527 g/mol. The molecule has 10 heteroatoms. The Labute approximate surface area is 222 Å². The number of carbonyl (C=O) groups is 1. The van der Waals surface area contributed by atoms with Crippen molar-refractivity contribution in [1.29, 1.82) is 0 Å². The number of fused-ring (bicyclic) bond motifs is 4. The Balaban J connectivity index is 1.37. The molecule has 0 radical (unpaired) electrons. The molecule has 1 amide bonds. The number of ether oxygens (including phenoxy) is 2. The second-order valence-electron chi connectivity index (χ2n) is 9.17. The molecule has 1 aliphatic heterocycles. The topological polar surface area (TPSA) is 99.8 Å². The number of aryl methyl sites for hydroxylation is 2. The first-order valence-corrected chi connectivity index (χ1v) is 13.1. The van der Waals surface area contributed by atoms with E-state index in [1.165, 1.54) is 11.8 Å². The fourth-order valence-corrected chi connectivity index (χ4v) is 5.46. The van der Waals surface area contributed by atoms with E-state index in [4.69, 9.17) is 9.47 Å². The summed E-state index contributed by atoms with van der Waals surface area (Å²) in [6, 6.07) is 18.6. The summed E-state index contributed by atoms with van der Waals surface area (Å²) < 4.78 is 14.6. The van der Waals surface area contributed by atoms with E-state index in [2.05, 4.69) is 15.5 Å². The van der Waals surface area contributed by atoms with Crippen molar-refractivity contribution in [2.24, 2.45) is 0 Å². The van der Waals surface area contributed by atoms with Gasteiger partial charge in [0.05, 0.1) is 21.8 Å². The van der Waals surface area contributed by atoms with E-state index in [9.17, 15) is 9.59 Å². The molecule has 0 saturated carbocycles. The normalized spacial score (nSPS) is 13.6. The van der Waals surface area contributed by atoms with Gasteiger partial charge in [-0.05, 0) is 56.7 Å². The van der Waals surface area contributed by atoms with Crippen LogP contribution in [0.4, 0.5) is 5.69 Å². The van der Waals surface area contributed by atoms with Gasteiger partial charge in [0.2, 0.25) is 11.7 Å². The minimum atomic E-state index is -0.504. The number of carbonyl (C=O) groups excluding carboxylic acids is 1. The van der Waals surface area contributed by atoms with Gasteiger partial charge in [0, 0.05) is 11.8 Å². The lowest BCUT2D eigenvalue weighted by Gasteiger charge is -2.19. The van der Waals surface area contributed by atoms with Gasteiger partial charge in [0.15, 0.2) is 16.7 Å². The van der Waals surface area contributed by atoms with Crippen molar-refractivity contribution in [3.63, 3.8) is 0 Å². The predicted octanol–water partition coefficient (Wildman–Crippen LogP) is 4.54. The summed E-state index contributed by atoms with van der Waals surface area (Å²) in [5, 5.41) is 12.3. The van der Waals surface area contributed by atoms with Crippen LogP contribution in [0.25, 0.3) is 22.4 Å². The number of hydrogen-bond acceptors (Lipinski definition) is 7. The number of rotatable bonds is 5. The largest absolute Gasteiger partial charge is 0.486 e. The third-order valence-corrected chi connectivity index (χ3v) is 7.49. The minimum absolute atomic E-state index is 0.173. The van der Waals surface area contributed by atoms with Crippen molar-refractivity contribution in [2.75, 3.05) is 18.5 Å². The van der Waals surface area contributed by atoms with Gasteiger partial charge in [0.1, 0.15) is 13.2 Å². The molecular weight excluding hydrogens is 502 g/mol. The Bertz CT molecular complexity index is 1780. The molecular formula is C28H25N5O4S. The van der Waals surface area contributed by atoms with Crippen molar-refractivity contribution in [3.05, 3.63) is 82.1 Å². The zero-order valence-corrected chi connectivity index (χ0v) is 21.9. The number of aromatic nitrogens is 4. The molecule has 0 spiro atoms. The Morgan fingerprint density at radius 1 is 1.00 bits per heavy atom. The maximum absolute atomic E-state index is 13.6. The summed E-state index contributed by atoms with van der Waals surface area (Å²) in [7, 11) is 0. The summed E-state index contributed by atoms with van der Waals surface area (Å²) in [6.45, 7) is 6.76. The van der Waals surface area contributed by atoms with Crippen LogP contribution in [0.1, 0.15) is 18.1 Å². The molecule has 3 heterocycles. The van der Waals surface area contributed by atoms with E-state index in [1.807, 2.05) is 54.6 Å². The molecule has 1 aliphatic rings. The second-order valence-corrected chi connectivity index (χ2v) is 10.5. The highest BCUT2D eigenvalue weighted by Crippen LogP contribution is 2.33. The number of thioether (sulfide) groups is 1. The van der Waals surface area contributed by atoms with E-state index < -0.39 is 5.25 Å². The summed E-state index contributed by atoms with van der Waals surface area (Å²) in [5.74, 6) is 1.46. The highest BCUT2D eigenvalue weighted by atomic mass is 32.2. The van der Waals surface area contributed by atoms with Crippen molar-refractivity contribution in [3.8, 4) is 17.2 Å². The van der Waals surface area contributed by atoms with Crippen molar-refractivity contribution in [1.82, 2.24) is 19.2 Å². The molecule has 38 heavy (non-hydrogen) atoms. The molecule has 0 aliphatic carbocycles. The van der Waals surface area contributed by atoms with Crippen molar-refractivity contribution in [2.45, 2.75) is 31.2 Å². The van der Waals surface area contributed by atoms with E-state index in [0.29, 0.717) is 52.2 Å². The van der Waals surface area contributed by atoms with Gasteiger partial charge < -0.3 is 14.8 Å². The lowest BCUT2D eigenvalue weighted by molar-refractivity contribution is -0.115. The summed E-state index contributed by atoms with van der Waals surface area (Å²) >= 11 is 1.27. The maximum Gasteiger partial charge on any atom is 0.267 e. The number of hydrogen-bond donors (Lipinski definition) is 1. The van der Waals surface area contributed by atoms with Crippen LogP contribution in [0, 0.1) is 13.8 Å². The molecule has 2 aromatic heterocycles. The van der Waals surface area contributed by atoms with Crippen LogP contribution in [-0.4, -0.2) is 43.5 Å². The lowest BCUT2D eigenvalue weighted by Crippen LogP contribution is -2.24. The standard InChI is InChI=1S/C28H25N5O4S/c1-16-8-10-21(17(2)14-16)32-26(35)20-6-4-5-7-22(20)33-27(32)30-31-28(33)38-18(3)25(34)29-19-9-11-23-24(15-19)37-13-12-36-23/h4-11,14-15,18H,12-13H2,1-3H3,(H,29,34). The van der Waals surface area contributed by atoms with E-state index in [0.717, 1.165) is 16.8 Å². The Kier molecular flexibility index (Phi) is 6.03. The van der Waals surface area contributed by atoms with Crippen molar-refractivity contribution >= 4 is 40.0 Å². The highest BCUT2D eigenvalue weighted by Gasteiger charge is 2.23. The Morgan fingerprint density at radius 2 is 1.79 bits per heavy atom. The molecule has 1 N–H and O–H groups in total. The van der Waals surface area contributed by atoms with Gasteiger partial charge in [-0.1, -0.05) is 41.6 Å². The van der Waals surface area contributed by atoms with Gasteiger partial charge in [-0.3, -0.25) is 14.0 Å². The molecule has 192 valence electrons. The number of amides is 1. The molecule has 0 fully saturated rings. The molecule has 6 rings (SSSR count). The third-order valence-electron chi connectivity index (χ3n) is 6.45. The maximum atomic E-state index is 13.6. The molecule has 0 saturated heterocycles. The fourth-order valence-electron chi connectivity index (χ4n) is 4.61. The Hall–Kier alpha value is -4.31. The molecule has 3 aromatic carbocycles. The van der Waals surface area contributed by atoms with Crippen molar-refractivity contribution < 1.29 is 14.3 Å². The molecule has 0 bridgehead atoms. The lowest BCUT2D eigenvalue weighted by atomic mass is 10.1. The fraction of sp³-hybridized carbons (Fsp3) is 0.214. The number of anilines is 1. The first-order valence-electron chi connectivity index (χ1n) is 12.2. The third kappa shape index (κ3) is 4.16. The number of nitrogens with zero attached hydrogens (tertiary/aromatic N) is 4. The first kappa shape index (κ1) is 24.1. The first-order chi connectivity index (χ1) is 18.4. The quantitative estimate of drug-likeness (QED) is 0.335. The molecule has 1 atom stereocenters. The number of nitrogens with one attached hydrogen (secondary N) is 1. The van der Waals surface area contributed by atoms with Crippen LogP contribution in [0.3, 0.4) is 0 Å². The van der Waals surface area contributed by atoms with E-state index in [-0.39, 0.29) is 11.5 Å². The smallest absolute Gasteiger partial charge is 0.267 e. The van der Waals surface area contributed by atoms with Gasteiger partial charge in [-0.25, -0.2) is 4.57 Å². The zero-order valence-electron chi connectivity index (χ0n) is 21.1. The molecule has 9 nitrogen and oxygen atoms in total. The van der Waals surface area contributed by atoms with Crippen LogP contribution in [-0.2, 0) is 4.79 Å². The van der Waals surface area contributed by atoms with Gasteiger partial charge in [-0.2, -0.15) is 0 Å². The minimum Gasteiger partial charge on any atom is -0.486 e. The van der Waals surface area contributed by atoms with Gasteiger partial charge >= 0.3 is 0 Å². The highest BCUT2D eigenvalue weighted by molar-refractivity contribution is 8.00. The van der Waals surface area contributed by atoms with E-state index in [1.54, 1.807) is 35.8 Å². The summed E-state index contributed by atoms with van der Waals surface area (Å²) in [4.78, 5) is 26.7. The van der Waals surface area contributed by atoms with Crippen LogP contribution in [0.15, 0.2) is 70.6 Å². The predicted molar refractivity (Wildman–Crippen MR) is 147 cm³/mol. The average molecular weight is 528 g/mol. The van der Waals surface area contributed by atoms with Crippen LogP contribution in [0.2, 0.25) is 0 Å². The average Bonchev–Trinajstić information content (AvgIpc) is 3.33. The molecule has 1 unspecified atom stereocenters. The number of para-hydroxylation sites is 1. The van der Waals surface area contributed by atoms with Gasteiger partial charge in [-0.15, -0.1) is 10.2 Å². The van der Waals surface area contributed by atoms with Crippen LogP contribution < -0.4 is 20.3 Å². The summed E-state index contributed by atoms with van der Waals surface area (Å²) in [6.07, 6.45) is 0. The SMILES string of the molecule is Cc1ccc(-n2c(=O)c3ccccc3n3c(SC(C)C(=O)Nc4ccc5c(c4)OCCO5)nnc23)c(C)c1. The molecule has 5 aromatic rings. The summed E-state index contributed by atoms with van der Waals surface area (Å²) in [5.41, 5.74) is 3.92. The van der Waals surface area contributed by atoms with Crippen LogP contribution >= 0.6 is 11.8 Å².